The highest BCUT2D eigenvalue weighted by Crippen LogP contribution is 2.31. The van der Waals surface area contributed by atoms with Crippen molar-refractivity contribution in [3.8, 4) is 0 Å². The minimum absolute atomic E-state index is 0.0655. The summed E-state index contributed by atoms with van der Waals surface area (Å²) in [6, 6.07) is 8.23. The Bertz CT molecular complexity index is 757. The van der Waals surface area contributed by atoms with Crippen molar-refractivity contribution in [2.24, 2.45) is 5.41 Å². The van der Waals surface area contributed by atoms with Gasteiger partial charge in [-0.2, -0.15) is 0 Å². The number of carbonyl (C=O) groups excluding carboxylic acids is 1. The van der Waals surface area contributed by atoms with Gasteiger partial charge < -0.3 is 19.9 Å². The van der Waals surface area contributed by atoms with Gasteiger partial charge in [0.25, 0.3) is 0 Å². The van der Waals surface area contributed by atoms with E-state index in [1.165, 1.54) is 0 Å². The maximum atomic E-state index is 13.1. The predicted molar refractivity (Wildman–Crippen MR) is 103 cm³/mol. The van der Waals surface area contributed by atoms with E-state index in [4.69, 9.17) is 9.72 Å². The number of rotatable bonds is 6. The lowest BCUT2D eigenvalue weighted by molar-refractivity contribution is -0.137. The molecule has 2 heterocycles. The van der Waals surface area contributed by atoms with Crippen LogP contribution in [0.3, 0.4) is 0 Å². The van der Waals surface area contributed by atoms with Crippen LogP contribution in [0.15, 0.2) is 24.3 Å². The summed E-state index contributed by atoms with van der Waals surface area (Å²) >= 11 is 0. The van der Waals surface area contributed by atoms with Crippen molar-refractivity contribution < 1.29 is 9.53 Å². The molecule has 1 aromatic carbocycles. The van der Waals surface area contributed by atoms with Gasteiger partial charge in [0, 0.05) is 13.2 Å². The lowest BCUT2D eigenvalue weighted by Crippen LogP contribution is -2.50. The number of fused-ring (bicyclic) bond motifs is 1. The number of nitrogens with zero attached hydrogens (tertiary/aromatic N) is 2. The van der Waals surface area contributed by atoms with Crippen LogP contribution in [0.2, 0.25) is 0 Å². The standard InChI is InChI=1S/C20H30N4O2/c1-14(2)24-17-8-6-5-7-16(17)23-18(24)15(3)22-19(25)20(13-26-4)9-11-21-12-10-20/h5-8,14-15,21H,9-13H2,1-4H3,(H,22,25). The van der Waals surface area contributed by atoms with Crippen molar-refractivity contribution in [1.29, 1.82) is 0 Å². The maximum Gasteiger partial charge on any atom is 0.229 e. The number of aromatic nitrogens is 2. The summed E-state index contributed by atoms with van der Waals surface area (Å²) in [5, 5.41) is 6.55. The molecule has 6 heteroatoms. The normalized spacial score (nSPS) is 18.2. The summed E-state index contributed by atoms with van der Waals surface area (Å²) in [4.78, 5) is 17.9. The average molecular weight is 358 g/mol. The molecule has 1 unspecified atom stereocenters. The van der Waals surface area contributed by atoms with Crippen LogP contribution in [0.1, 0.15) is 51.5 Å². The second kappa shape index (κ2) is 7.76. The van der Waals surface area contributed by atoms with Crippen LogP contribution in [0.5, 0.6) is 0 Å². The molecule has 0 aliphatic carbocycles. The van der Waals surface area contributed by atoms with E-state index in [0.29, 0.717) is 6.61 Å². The van der Waals surface area contributed by atoms with Crippen molar-refractivity contribution in [3.05, 3.63) is 30.1 Å². The van der Waals surface area contributed by atoms with Crippen LogP contribution in [0, 0.1) is 5.41 Å². The Morgan fingerprint density at radius 2 is 2.00 bits per heavy atom. The van der Waals surface area contributed by atoms with Crippen molar-refractivity contribution >= 4 is 16.9 Å². The third-order valence-electron chi connectivity index (χ3n) is 5.34. The third kappa shape index (κ3) is 3.48. The summed E-state index contributed by atoms with van der Waals surface area (Å²) in [5.41, 5.74) is 1.61. The van der Waals surface area contributed by atoms with Crippen LogP contribution in [-0.2, 0) is 9.53 Å². The van der Waals surface area contributed by atoms with Gasteiger partial charge in [-0.1, -0.05) is 12.1 Å². The van der Waals surface area contributed by atoms with E-state index in [-0.39, 0.29) is 18.0 Å². The number of benzene rings is 1. The van der Waals surface area contributed by atoms with Gasteiger partial charge in [0.1, 0.15) is 5.82 Å². The number of hydrogen-bond acceptors (Lipinski definition) is 4. The van der Waals surface area contributed by atoms with Crippen LogP contribution in [-0.4, -0.2) is 42.3 Å². The molecule has 142 valence electrons. The average Bonchev–Trinajstić information content (AvgIpc) is 3.02. The fourth-order valence-corrected chi connectivity index (χ4v) is 3.94. The number of piperidine rings is 1. The van der Waals surface area contributed by atoms with E-state index < -0.39 is 5.41 Å². The van der Waals surface area contributed by atoms with Crippen LogP contribution in [0.25, 0.3) is 11.0 Å². The maximum absolute atomic E-state index is 13.1. The number of nitrogens with one attached hydrogen (secondary N) is 2. The molecule has 3 rings (SSSR count). The van der Waals surface area contributed by atoms with Gasteiger partial charge in [0.05, 0.1) is 29.1 Å². The molecule has 1 aliphatic rings. The van der Waals surface area contributed by atoms with Gasteiger partial charge in [-0.15, -0.1) is 0 Å². The number of methoxy groups -OCH3 is 1. The molecular formula is C20H30N4O2. The first kappa shape index (κ1) is 18.9. The van der Waals surface area contributed by atoms with Crippen molar-refractivity contribution in [1.82, 2.24) is 20.2 Å². The molecule has 0 saturated carbocycles. The van der Waals surface area contributed by atoms with Crippen molar-refractivity contribution in [2.45, 2.75) is 45.7 Å². The van der Waals surface area contributed by atoms with E-state index in [9.17, 15) is 4.79 Å². The molecule has 2 N–H and O–H groups in total. The van der Waals surface area contributed by atoms with E-state index in [1.807, 2.05) is 25.1 Å². The monoisotopic (exact) mass is 358 g/mol. The number of carbonyl (C=O) groups is 1. The van der Waals surface area contributed by atoms with Crippen molar-refractivity contribution in [2.75, 3.05) is 26.8 Å². The number of amides is 1. The predicted octanol–water partition coefficient (Wildman–Crippen LogP) is 2.81. The van der Waals surface area contributed by atoms with Gasteiger partial charge in [-0.05, 0) is 58.8 Å². The van der Waals surface area contributed by atoms with Gasteiger partial charge in [-0.25, -0.2) is 4.98 Å². The highest BCUT2D eigenvalue weighted by atomic mass is 16.5. The molecule has 1 atom stereocenters. The lowest BCUT2D eigenvalue weighted by Gasteiger charge is -2.36. The SMILES string of the molecule is COCC1(C(=O)NC(C)c2nc3ccccc3n2C(C)C)CCNCC1. The van der Waals surface area contributed by atoms with Gasteiger partial charge >= 0.3 is 0 Å². The zero-order chi connectivity index (χ0) is 18.7. The third-order valence-corrected chi connectivity index (χ3v) is 5.34. The van der Waals surface area contributed by atoms with Crippen LogP contribution < -0.4 is 10.6 Å². The fraction of sp³-hybridized carbons (Fsp3) is 0.600. The molecule has 0 bridgehead atoms. The highest BCUT2D eigenvalue weighted by Gasteiger charge is 2.40. The Morgan fingerprint density at radius 3 is 2.65 bits per heavy atom. The Balaban J connectivity index is 1.87. The minimum atomic E-state index is -0.455. The minimum Gasteiger partial charge on any atom is -0.384 e. The molecular weight excluding hydrogens is 328 g/mol. The second-order valence-electron chi connectivity index (χ2n) is 7.58. The number of imidazole rings is 1. The first-order valence-electron chi connectivity index (χ1n) is 9.46. The summed E-state index contributed by atoms with van der Waals surface area (Å²) in [6.07, 6.45) is 1.58. The number of ether oxygens (including phenoxy) is 1. The summed E-state index contributed by atoms with van der Waals surface area (Å²) in [6.45, 7) is 8.44. The Hall–Kier alpha value is -1.92. The number of para-hydroxylation sites is 2. The van der Waals surface area contributed by atoms with Crippen LogP contribution >= 0.6 is 0 Å². The summed E-state index contributed by atoms with van der Waals surface area (Å²) < 4.78 is 7.61. The Labute approximate surface area is 155 Å². The van der Waals surface area contributed by atoms with Gasteiger partial charge in [0.2, 0.25) is 5.91 Å². The quantitative estimate of drug-likeness (QED) is 0.833. The fourth-order valence-electron chi connectivity index (χ4n) is 3.94. The molecule has 26 heavy (non-hydrogen) atoms. The van der Waals surface area contributed by atoms with E-state index in [0.717, 1.165) is 42.8 Å². The molecule has 1 fully saturated rings. The second-order valence-corrected chi connectivity index (χ2v) is 7.58. The number of hydrogen-bond donors (Lipinski definition) is 2. The smallest absolute Gasteiger partial charge is 0.229 e. The summed E-state index contributed by atoms with van der Waals surface area (Å²) in [7, 11) is 1.67. The molecule has 0 radical (unpaired) electrons. The summed E-state index contributed by atoms with van der Waals surface area (Å²) in [5.74, 6) is 0.965. The largest absolute Gasteiger partial charge is 0.384 e. The van der Waals surface area contributed by atoms with Crippen LogP contribution in [0.4, 0.5) is 0 Å². The van der Waals surface area contributed by atoms with Gasteiger partial charge in [0.15, 0.2) is 0 Å². The van der Waals surface area contributed by atoms with Gasteiger partial charge in [-0.3, -0.25) is 4.79 Å². The molecule has 1 amide bonds. The zero-order valence-corrected chi connectivity index (χ0v) is 16.2. The molecule has 1 aliphatic heterocycles. The van der Waals surface area contributed by atoms with E-state index >= 15 is 0 Å². The molecule has 6 nitrogen and oxygen atoms in total. The molecule has 0 spiro atoms. The van der Waals surface area contributed by atoms with E-state index in [2.05, 4.69) is 35.1 Å². The van der Waals surface area contributed by atoms with Crippen molar-refractivity contribution in [3.63, 3.8) is 0 Å². The first-order valence-corrected chi connectivity index (χ1v) is 9.46. The molecule has 1 aromatic heterocycles. The van der Waals surface area contributed by atoms with E-state index in [1.54, 1.807) is 7.11 Å². The highest BCUT2D eigenvalue weighted by molar-refractivity contribution is 5.83. The molecule has 2 aromatic rings. The Morgan fingerprint density at radius 1 is 1.31 bits per heavy atom. The zero-order valence-electron chi connectivity index (χ0n) is 16.2. The first-order chi connectivity index (χ1) is 12.5. The lowest BCUT2D eigenvalue weighted by atomic mass is 9.78. The Kier molecular flexibility index (Phi) is 5.63. The molecule has 1 saturated heterocycles. The topological polar surface area (TPSA) is 68.2 Å².